The van der Waals surface area contributed by atoms with Gasteiger partial charge in [-0.2, -0.15) is 0 Å². The Morgan fingerprint density at radius 1 is 1.18 bits per heavy atom. The molecule has 8 heteroatoms. The fourth-order valence-corrected chi connectivity index (χ4v) is 3.06. The molecule has 28 heavy (non-hydrogen) atoms. The maximum Gasteiger partial charge on any atom is 0.212 e. The monoisotopic (exact) mass is 393 g/mol. The van der Waals surface area contributed by atoms with Gasteiger partial charge in [-0.3, -0.25) is 4.79 Å². The molecule has 0 atom stereocenters. The second kappa shape index (κ2) is 7.66. The fourth-order valence-electron chi connectivity index (χ4n) is 2.82. The normalized spacial score (nSPS) is 10.8. The summed E-state index contributed by atoms with van der Waals surface area (Å²) in [4.78, 5) is 28.5. The summed E-state index contributed by atoms with van der Waals surface area (Å²) in [5.74, 6) is 0.917. The predicted molar refractivity (Wildman–Crippen MR) is 107 cm³/mol. The van der Waals surface area contributed by atoms with Crippen molar-refractivity contribution in [3.05, 3.63) is 76.8 Å². The number of nitrogens with zero attached hydrogens (tertiary/aromatic N) is 3. The smallest absolute Gasteiger partial charge is 0.212 e. The van der Waals surface area contributed by atoms with Crippen LogP contribution in [0.4, 0.5) is 5.82 Å². The first-order valence-electron chi connectivity index (χ1n) is 8.52. The lowest BCUT2D eigenvalue weighted by atomic mass is 10.1. The molecule has 0 radical (unpaired) electrons. The minimum Gasteiger partial charge on any atom is -0.481 e. The number of pyridine rings is 3. The van der Waals surface area contributed by atoms with Crippen molar-refractivity contribution in [3.63, 3.8) is 0 Å². The predicted octanol–water partition coefficient (Wildman–Crippen LogP) is 3.86. The Bertz CT molecular complexity index is 1140. The maximum absolute atomic E-state index is 12.9. The number of fused-ring (bicyclic) bond motifs is 1. The van der Waals surface area contributed by atoms with E-state index in [4.69, 9.17) is 16.3 Å². The van der Waals surface area contributed by atoms with Gasteiger partial charge in [-0.25, -0.2) is 15.0 Å². The van der Waals surface area contributed by atoms with Crippen LogP contribution in [0, 0.1) is 0 Å². The van der Waals surface area contributed by atoms with E-state index in [1.807, 2.05) is 12.1 Å². The van der Waals surface area contributed by atoms with Crippen LogP contribution in [0.2, 0.25) is 5.15 Å². The third-order valence-corrected chi connectivity index (χ3v) is 4.56. The van der Waals surface area contributed by atoms with E-state index in [0.717, 1.165) is 10.9 Å². The Balaban J connectivity index is 1.51. The Hall–Kier alpha value is -3.45. The highest BCUT2D eigenvalue weighted by molar-refractivity contribution is 6.34. The Kier molecular flexibility index (Phi) is 4.90. The second-order valence-corrected chi connectivity index (χ2v) is 6.39. The molecule has 2 N–H and O–H groups in total. The number of halogens is 1. The van der Waals surface area contributed by atoms with Crippen molar-refractivity contribution < 1.29 is 9.53 Å². The molecule has 4 aromatic heterocycles. The standard InChI is InChI=1S/C20H16ClN5O2/c1-28-17-7-4-12(10-24-17)9-23-16-6-5-14(19(21)26-16)18(27)15-11-25-20-13(15)3-2-8-22-20/h2-8,10-11H,9H2,1H3,(H,22,25)(H,23,26). The summed E-state index contributed by atoms with van der Waals surface area (Å²) < 4.78 is 5.04. The quantitative estimate of drug-likeness (QED) is 0.381. The number of ketones is 1. The molecule has 0 aliphatic carbocycles. The van der Waals surface area contributed by atoms with Gasteiger partial charge in [-0.15, -0.1) is 0 Å². The van der Waals surface area contributed by atoms with Crippen LogP contribution in [0.5, 0.6) is 5.88 Å². The summed E-state index contributed by atoms with van der Waals surface area (Å²) in [6.45, 7) is 0.516. The van der Waals surface area contributed by atoms with Crippen LogP contribution in [0.15, 0.2) is 55.0 Å². The van der Waals surface area contributed by atoms with Gasteiger partial charge in [0.25, 0.3) is 0 Å². The van der Waals surface area contributed by atoms with E-state index in [0.29, 0.717) is 35.0 Å². The van der Waals surface area contributed by atoms with Crippen LogP contribution in [0.1, 0.15) is 21.5 Å². The Morgan fingerprint density at radius 2 is 2.07 bits per heavy atom. The molecule has 4 heterocycles. The number of methoxy groups -OCH3 is 1. The van der Waals surface area contributed by atoms with Gasteiger partial charge in [0.1, 0.15) is 16.6 Å². The zero-order valence-electron chi connectivity index (χ0n) is 14.9. The number of anilines is 1. The van der Waals surface area contributed by atoms with E-state index in [9.17, 15) is 4.79 Å². The van der Waals surface area contributed by atoms with Gasteiger partial charge < -0.3 is 15.0 Å². The summed E-state index contributed by atoms with van der Waals surface area (Å²) in [7, 11) is 1.57. The molecule has 0 aliphatic heterocycles. The van der Waals surface area contributed by atoms with Crippen molar-refractivity contribution in [3.8, 4) is 5.88 Å². The first kappa shape index (κ1) is 17.9. The van der Waals surface area contributed by atoms with Gasteiger partial charge in [0.2, 0.25) is 5.88 Å². The number of aromatic amines is 1. The Labute approximate surface area is 165 Å². The third-order valence-electron chi connectivity index (χ3n) is 4.27. The molecule has 0 aromatic carbocycles. The molecule has 7 nitrogen and oxygen atoms in total. The number of hydrogen-bond acceptors (Lipinski definition) is 6. The first-order chi connectivity index (χ1) is 13.7. The van der Waals surface area contributed by atoms with Gasteiger partial charge in [0.05, 0.1) is 12.7 Å². The van der Waals surface area contributed by atoms with Crippen molar-refractivity contribution in [2.75, 3.05) is 12.4 Å². The van der Waals surface area contributed by atoms with Crippen molar-refractivity contribution in [2.24, 2.45) is 0 Å². The zero-order chi connectivity index (χ0) is 19.5. The van der Waals surface area contributed by atoms with E-state index in [1.54, 1.807) is 50.0 Å². The van der Waals surface area contributed by atoms with Gasteiger partial charge in [-0.1, -0.05) is 17.7 Å². The van der Waals surface area contributed by atoms with Crippen LogP contribution in [0.3, 0.4) is 0 Å². The number of carbonyl (C=O) groups is 1. The van der Waals surface area contributed by atoms with E-state index >= 15 is 0 Å². The van der Waals surface area contributed by atoms with Gasteiger partial charge in [0.15, 0.2) is 5.78 Å². The zero-order valence-corrected chi connectivity index (χ0v) is 15.7. The summed E-state index contributed by atoms with van der Waals surface area (Å²) in [5, 5.41) is 4.05. The lowest BCUT2D eigenvalue weighted by Gasteiger charge is -2.08. The molecule has 4 aromatic rings. The molecule has 0 bridgehead atoms. The first-order valence-corrected chi connectivity index (χ1v) is 8.89. The molecule has 0 fully saturated rings. The van der Waals surface area contributed by atoms with Gasteiger partial charge in [-0.05, 0) is 29.8 Å². The number of hydrogen-bond donors (Lipinski definition) is 2. The van der Waals surface area contributed by atoms with Crippen molar-refractivity contribution >= 4 is 34.2 Å². The summed E-state index contributed by atoms with van der Waals surface area (Å²) in [5.41, 5.74) is 2.46. The molecule has 140 valence electrons. The van der Waals surface area contributed by atoms with Crippen molar-refractivity contribution in [2.45, 2.75) is 6.54 Å². The minimum atomic E-state index is -0.206. The molecular weight excluding hydrogens is 378 g/mol. The topological polar surface area (TPSA) is 92.8 Å². The molecule has 0 unspecified atom stereocenters. The van der Waals surface area contributed by atoms with E-state index < -0.39 is 0 Å². The maximum atomic E-state index is 12.9. The number of rotatable bonds is 6. The van der Waals surface area contributed by atoms with E-state index in [-0.39, 0.29) is 10.9 Å². The summed E-state index contributed by atoms with van der Waals surface area (Å²) in [6.07, 6.45) is 5.02. The lowest BCUT2D eigenvalue weighted by molar-refractivity contribution is 0.104. The molecule has 0 saturated carbocycles. The van der Waals surface area contributed by atoms with E-state index in [2.05, 4.69) is 25.3 Å². The molecule has 0 aliphatic rings. The van der Waals surface area contributed by atoms with Gasteiger partial charge >= 0.3 is 0 Å². The van der Waals surface area contributed by atoms with Crippen LogP contribution < -0.4 is 10.1 Å². The number of ether oxygens (including phenoxy) is 1. The van der Waals surface area contributed by atoms with Crippen LogP contribution in [-0.2, 0) is 6.54 Å². The highest BCUT2D eigenvalue weighted by Gasteiger charge is 2.18. The SMILES string of the molecule is COc1ccc(CNc2ccc(C(=O)c3c[nH]c4ncccc34)c(Cl)n2)cn1. The van der Waals surface area contributed by atoms with E-state index in [1.165, 1.54) is 0 Å². The van der Waals surface area contributed by atoms with Crippen LogP contribution in [0.25, 0.3) is 11.0 Å². The van der Waals surface area contributed by atoms with Crippen LogP contribution >= 0.6 is 11.6 Å². The second-order valence-electron chi connectivity index (χ2n) is 6.03. The fraction of sp³-hybridized carbons (Fsp3) is 0.100. The molecule has 0 saturated heterocycles. The minimum absolute atomic E-state index is 0.140. The summed E-state index contributed by atoms with van der Waals surface area (Å²) in [6, 6.07) is 10.7. The number of aromatic nitrogens is 4. The van der Waals surface area contributed by atoms with Gasteiger partial charge in [0, 0.05) is 42.2 Å². The Morgan fingerprint density at radius 3 is 2.82 bits per heavy atom. The van der Waals surface area contributed by atoms with Crippen molar-refractivity contribution in [1.82, 2.24) is 19.9 Å². The molecule has 0 spiro atoms. The average Bonchev–Trinajstić information content (AvgIpc) is 3.16. The highest BCUT2D eigenvalue weighted by Crippen LogP contribution is 2.24. The lowest BCUT2D eigenvalue weighted by Crippen LogP contribution is -2.06. The molecule has 0 amide bonds. The largest absolute Gasteiger partial charge is 0.481 e. The number of carbonyl (C=O) groups excluding carboxylic acids is 1. The van der Waals surface area contributed by atoms with Crippen molar-refractivity contribution in [1.29, 1.82) is 0 Å². The summed E-state index contributed by atoms with van der Waals surface area (Å²) >= 11 is 6.29. The third kappa shape index (κ3) is 3.52. The molecular formula is C20H16ClN5O2. The average molecular weight is 394 g/mol. The number of H-pyrrole nitrogens is 1. The van der Waals surface area contributed by atoms with Crippen LogP contribution in [-0.4, -0.2) is 32.8 Å². The molecule has 4 rings (SSSR count). The highest BCUT2D eigenvalue weighted by atomic mass is 35.5. The number of nitrogens with one attached hydrogen (secondary N) is 2.